The molecule has 2 nitrogen and oxygen atoms in total. The molecule has 2 aromatic carbocycles. The highest BCUT2D eigenvalue weighted by atomic mass is 16.5. The fourth-order valence-corrected chi connectivity index (χ4v) is 2.03. The van der Waals surface area contributed by atoms with E-state index in [9.17, 15) is 0 Å². The van der Waals surface area contributed by atoms with Crippen LogP contribution in [0.15, 0.2) is 48.5 Å². The molecule has 0 aliphatic heterocycles. The number of benzene rings is 2. The van der Waals surface area contributed by atoms with Crippen LogP contribution in [0.3, 0.4) is 0 Å². The molecule has 0 N–H and O–H groups in total. The van der Waals surface area contributed by atoms with Gasteiger partial charge < -0.3 is 9.47 Å². The van der Waals surface area contributed by atoms with Crippen LogP contribution < -0.4 is 9.47 Å². The van der Waals surface area contributed by atoms with Gasteiger partial charge in [-0.25, -0.2) is 0 Å². The summed E-state index contributed by atoms with van der Waals surface area (Å²) in [5.41, 5.74) is 1.85. The Hall–Kier alpha value is -3.72. The Kier molecular flexibility index (Phi) is 8.54. The van der Waals surface area contributed by atoms with Crippen LogP contribution in [-0.4, -0.2) is 14.2 Å². The van der Waals surface area contributed by atoms with Crippen molar-refractivity contribution in [1.82, 2.24) is 0 Å². The Morgan fingerprint density at radius 1 is 0.593 bits per heavy atom. The molecule has 0 bridgehead atoms. The van der Waals surface area contributed by atoms with Crippen molar-refractivity contribution >= 4 is 0 Å². The summed E-state index contributed by atoms with van der Waals surface area (Å²) in [6.45, 7) is 0. The molecule has 0 amide bonds. The third kappa shape index (κ3) is 7.80. The molecule has 0 aliphatic carbocycles. The fraction of sp³-hybridized carbons (Fsp3) is 0.200. The molecule has 0 saturated carbocycles. The van der Waals surface area contributed by atoms with E-state index in [1.54, 1.807) is 14.2 Å². The molecule has 0 heterocycles. The molecule has 0 unspecified atom stereocenters. The van der Waals surface area contributed by atoms with E-state index in [2.05, 4.69) is 47.4 Å². The zero-order valence-electron chi connectivity index (χ0n) is 15.6. The number of methoxy groups -OCH3 is 2. The van der Waals surface area contributed by atoms with Crippen LogP contribution in [0.5, 0.6) is 11.5 Å². The molecule has 132 valence electrons. The Balaban J connectivity index is 1.68. The summed E-state index contributed by atoms with van der Waals surface area (Å²) >= 11 is 0. The Labute approximate surface area is 161 Å². The van der Waals surface area contributed by atoms with Crippen molar-refractivity contribution in [3.05, 3.63) is 59.7 Å². The minimum Gasteiger partial charge on any atom is -0.497 e. The molecule has 2 heteroatoms. The van der Waals surface area contributed by atoms with Crippen molar-refractivity contribution in [1.29, 1.82) is 0 Å². The first-order valence-electron chi connectivity index (χ1n) is 8.57. The Morgan fingerprint density at radius 2 is 1.00 bits per heavy atom. The monoisotopic (exact) mass is 352 g/mol. The van der Waals surface area contributed by atoms with E-state index >= 15 is 0 Å². The third-order valence-corrected chi connectivity index (χ3v) is 3.50. The Bertz CT molecular complexity index is 885. The van der Waals surface area contributed by atoms with Gasteiger partial charge >= 0.3 is 0 Å². The van der Waals surface area contributed by atoms with Gasteiger partial charge in [-0.05, 0) is 78.6 Å². The first-order chi connectivity index (χ1) is 13.3. The summed E-state index contributed by atoms with van der Waals surface area (Å²) in [5.74, 6) is 25.2. The third-order valence-electron chi connectivity index (χ3n) is 3.50. The minimum absolute atomic E-state index is 0.776. The lowest BCUT2D eigenvalue weighted by Gasteiger charge is -1.96. The van der Waals surface area contributed by atoms with Gasteiger partial charge in [0.25, 0.3) is 0 Å². The second kappa shape index (κ2) is 11.8. The lowest BCUT2D eigenvalue weighted by molar-refractivity contribution is 0.414. The van der Waals surface area contributed by atoms with Crippen LogP contribution >= 0.6 is 0 Å². The summed E-state index contributed by atoms with van der Waals surface area (Å²) in [4.78, 5) is 0. The van der Waals surface area contributed by atoms with Crippen LogP contribution in [0, 0.1) is 47.4 Å². The number of ether oxygens (including phenoxy) is 2. The van der Waals surface area contributed by atoms with Gasteiger partial charge in [-0.3, -0.25) is 0 Å². The predicted octanol–water partition coefficient (Wildman–Crippen LogP) is 4.28. The molecule has 2 aromatic rings. The highest BCUT2D eigenvalue weighted by molar-refractivity contribution is 5.43. The average Bonchev–Trinajstić information content (AvgIpc) is 2.73. The summed E-state index contributed by atoms with van der Waals surface area (Å²) in [6.07, 6.45) is 2.46. The smallest absolute Gasteiger partial charge is 0.118 e. The minimum atomic E-state index is 0.776. The molecule has 2 rings (SSSR count). The van der Waals surface area contributed by atoms with Crippen molar-refractivity contribution in [2.75, 3.05) is 14.2 Å². The standard InChI is InChI=1S/C25H20O2/c1-26-24-18-14-22(15-19-24)12-10-8-6-4-3-5-7-9-11-13-23-16-20-25(27-2)21-17-23/h14-21H,3-5H2,1-2H3. The maximum atomic E-state index is 5.11. The number of hydrogen-bond donors (Lipinski definition) is 0. The van der Waals surface area contributed by atoms with E-state index in [4.69, 9.17) is 9.47 Å². The first kappa shape index (κ1) is 19.6. The van der Waals surface area contributed by atoms with E-state index in [1.807, 2.05) is 48.5 Å². The number of hydrogen-bond acceptors (Lipinski definition) is 2. The fourth-order valence-electron chi connectivity index (χ4n) is 2.03. The quantitative estimate of drug-likeness (QED) is 0.604. The van der Waals surface area contributed by atoms with E-state index in [1.165, 1.54) is 0 Å². The zero-order chi connectivity index (χ0) is 19.2. The molecule has 0 saturated heterocycles. The molecule has 0 fully saturated rings. The second-order valence-corrected chi connectivity index (χ2v) is 5.41. The van der Waals surface area contributed by atoms with E-state index < -0.39 is 0 Å². The van der Waals surface area contributed by atoms with Crippen molar-refractivity contribution in [2.24, 2.45) is 0 Å². The summed E-state index contributed by atoms with van der Waals surface area (Å²) in [7, 11) is 3.29. The summed E-state index contributed by atoms with van der Waals surface area (Å²) in [6, 6.07) is 15.2. The molecule has 0 spiro atoms. The normalized spacial score (nSPS) is 8.37. The highest BCUT2D eigenvalue weighted by Crippen LogP contribution is 2.10. The molecule has 0 atom stereocenters. The molecular weight excluding hydrogens is 332 g/mol. The van der Waals surface area contributed by atoms with Gasteiger partial charge in [-0.2, -0.15) is 0 Å². The first-order valence-corrected chi connectivity index (χ1v) is 8.57. The molecular formula is C25H20O2. The van der Waals surface area contributed by atoms with Gasteiger partial charge in [0, 0.05) is 24.0 Å². The lowest BCUT2D eigenvalue weighted by atomic mass is 10.2. The second-order valence-electron chi connectivity index (χ2n) is 5.41. The van der Waals surface area contributed by atoms with E-state index in [0.717, 1.165) is 41.9 Å². The van der Waals surface area contributed by atoms with Crippen LogP contribution in [0.2, 0.25) is 0 Å². The van der Waals surface area contributed by atoms with Gasteiger partial charge in [0.2, 0.25) is 0 Å². The summed E-state index contributed by atoms with van der Waals surface area (Å²) in [5, 5.41) is 0. The van der Waals surface area contributed by atoms with Crippen molar-refractivity contribution in [3.8, 4) is 58.9 Å². The van der Waals surface area contributed by atoms with Gasteiger partial charge in [-0.1, -0.05) is 23.7 Å². The van der Waals surface area contributed by atoms with Crippen LogP contribution in [0.4, 0.5) is 0 Å². The van der Waals surface area contributed by atoms with Gasteiger partial charge in [0.1, 0.15) is 11.5 Å². The molecule has 0 aromatic heterocycles. The van der Waals surface area contributed by atoms with Crippen LogP contribution in [0.25, 0.3) is 0 Å². The lowest BCUT2D eigenvalue weighted by Crippen LogP contribution is -1.81. The molecule has 0 aliphatic rings. The predicted molar refractivity (Wildman–Crippen MR) is 109 cm³/mol. The van der Waals surface area contributed by atoms with Crippen LogP contribution in [-0.2, 0) is 0 Å². The van der Waals surface area contributed by atoms with Crippen molar-refractivity contribution in [3.63, 3.8) is 0 Å². The largest absolute Gasteiger partial charge is 0.497 e. The van der Waals surface area contributed by atoms with Crippen LogP contribution in [0.1, 0.15) is 30.4 Å². The van der Waals surface area contributed by atoms with Crippen molar-refractivity contribution in [2.45, 2.75) is 19.3 Å². The Morgan fingerprint density at radius 3 is 1.37 bits per heavy atom. The average molecular weight is 352 g/mol. The van der Waals surface area contributed by atoms with Crippen molar-refractivity contribution < 1.29 is 9.47 Å². The molecule has 27 heavy (non-hydrogen) atoms. The maximum absolute atomic E-state index is 5.11. The van der Waals surface area contributed by atoms with E-state index in [-0.39, 0.29) is 0 Å². The zero-order valence-corrected chi connectivity index (χ0v) is 15.6. The van der Waals surface area contributed by atoms with E-state index in [0.29, 0.717) is 0 Å². The maximum Gasteiger partial charge on any atom is 0.118 e. The number of rotatable bonds is 4. The van der Waals surface area contributed by atoms with Gasteiger partial charge in [0.05, 0.1) is 14.2 Å². The van der Waals surface area contributed by atoms with Gasteiger partial charge in [-0.15, -0.1) is 0 Å². The highest BCUT2D eigenvalue weighted by Gasteiger charge is 1.89. The summed E-state index contributed by atoms with van der Waals surface area (Å²) < 4.78 is 10.2. The number of unbranched alkanes of at least 4 members (excludes halogenated alkanes) is 2. The molecule has 0 radical (unpaired) electrons. The SMILES string of the molecule is COc1ccc(C#CC#CCCCC#CC#Cc2ccc(OC)cc2)cc1. The topological polar surface area (TPSA) is 18.5 Å². The van der Waals surface area contributed by atoms with Gasteiger partial charge in [0.15, 0.2) is 0 Å².